The quantitative estimate of drug-likeness (QED) is 0.876. The minimum Gasteiger partial charge on any atom is -0.435 e. The maximum atomic E-state index is 12.1. The molecule has 0 radical (unpaired) electrons. The van der Waals surface area contributed by atoms with E-state index in [-0.39, 0.29) is 24.1 Å². The fourth-order valence-corrected chi connectivity index (χ4v) is 2.25. The predicted molar refractivity (Wildman–Crippen MR) is 78.2 cm³/mol. The first-order valence-electron chi connectivity index (χ1n) is 6.69. The van der Waals surface area contributed by atoms with Crippen LogP contribution < -0.4 is 15.4 Å². The zero-order valence-electron chi connectivity index (χ0n) is 11.5. The Morgan fingerprint density at radius 1 is 1.48 bits per heavy atom. The second kappa shape index (κ2) is 8.79. The lowest BCUT2D eigenvalue weighted by Crippen LogP contribution is -2.38. The molecule has 7 heteroatoms. The molecule has 118 valence electrons. The molecule has 1 aromatic carbocycles. The van der Waals surface area contributed by atoms with Crippen LogP contribution in [-0.2, 0) is 0 Å². The molecule has 2 rings (SSSR count). The fraction of sp³-hybridized carbons (Fsp3) is 0.500. The molecule has 2 N–H and O–H groups in total. The molecule has 1 fully saturated rings. The van der Waals surface area contributed by atoms with E-state index in [1.165, 1.54) is 18.2 Å². The largest absolute Gasteiger partial charge is 0.435 e. The average Bonchev–Trinajstić information content (AvgIpc) is 2.45. The van der Waals surface area contributed by atoms with Gasteiger partial charge in [0.2, 0.25) is 0 Å². The van der Waals surface area contributed by atoms with E-state index in [2.05, 4.69) is 15.4 Å². The number of hydrogen-bond donors (Lipinski definition) is 2. The molecule has 4 nitrogen and oxygen atoms in total. The van der Waals surface area contributed by atoms with Gasteiger partial charge in [-0.05, 0) is 50.0 Å². The highest BCUT2D eigenvalue weighted by Gasteiger charge is 2.15. The smallest absolute Gasteiger partial charge is 0.387 e. The van der Waals surface area contributed by atoms with E-state index in [1.54, 1.807) is 6.07 Å². The summed E-state index contributed by atoms with van der Waals surface area (Å²) < 4.78 is 28.5. The van der Waals surface area contributed by atoms with Crippen LogP contribution in [-0.4, -0.2) is 32.2 Å². The Morgan fingerprint density at radius 3 is 2.95 bits per heavy atom. The van der Waals surface area contributed by atoms with E-state index in [4.69, 9.17) is 0 Å². The van der Waals surface area contributed by atoms with Gasteiger partial charge in [-0.2, -0.15) is 8.78 Å². The van der Waals surface area contributed by atoms with Gasteiger partial charge in [0, 0.05) is 12.1 Å². The number of ether oxygens (including phenoxy) is 1. The van der Waals surface area contributed by atoms with Crippen molar-refractivity contribution in [3.8, 4) is 5.75 Å². The summed E-state index contributed by atoms with van der Waals surface area (Å²) in [5, 5.41) is 6.10. The molecule has 1 heterocycles. The third-order valence-electron chi connectivity index (χ3n) is 3.27. The van der Waals surface area contributed by atoms with Crippen molar-refractivity contribution in [2.24, 2.45) is 5.92 Å². The van der Waals surface area contributed by atoms with Crippen molar-refractivity contribution in [2.45, 2.75) is 19.5 Å². The van der Waals surface area contributed by atoms with Crippen molar-refractivity contribution in [1.29, 1.82) is 0 Å². The average molecular weight is 321 g/mol. The lowest BCUT2D eigenvalue weighted by atomic mass is 9.99. The molecule has 1 unspecified atom stereocenters. The molecule has 0 aromatic heterocycles. The van der Waals surface area contributed by atoms with Crippen LogP contribution in [0.5, 0.6) is 5.75 Å². The molecule has 1 saturated heterocycles. The van der Waals surface area contributed by atoms with Crippen molar-refractivity contribution in [1.82, 2.24) is 10.6 Å². The lowest BCUT2D eigenvalue weighted by Gasteiger charge is -2.22. The van der Waals surface area contributed by atoms with Gasteiger partial charge in [-0.25, -0.2) is 0 Å². The van der Waals surface area contributed by atoms with Gasteiger partial charge >= 0.3 is 6.61 Å². The Morgan fingerprint density at radius 2 is 2.29 bits per heavy atom. The van der Waals surface area contributed by atoms with Crippen LogP contribution in [0.4, 0.5) is 8.78 Å². The first-order chi connectivity index (χ1) is 9.65. The number of carbonyl (C=O) groups excluding carboxylic acids is 1. The molecule has 1 aliphatic rings. The minimum atomic E-state index is -2.89. The van der Waals surface area contributed by atoms with Crippen LogP contribution in [0.1, 0.15) is 23.2 Å². The predicted octanol–water partition coefficient (Wildman–Crippen LogP) is 2.44. The van der Waals surface area contributed by atoms with Gasteiger partial charge in [0.15, 0.2) is 0 Å². The Balaban J connectivity index is 0.00000220. The number of carbonyl (C=O) groups is 1. The number of rotatable bonds is 5. The summed E-state index contributed by atoms with van der Waals surface area (Å²) in [5.74, 6) is 0.149. The molecule has 21 heavy (non-hydrogen) atoms. The summed E-state index contributed by atoms with van der Waals surface area (Å²) in [5.41, 5.74) is 0.326. The summed E-state index contributed by atoms with van der Waals surface area (Å²) in [4.78, 5) is 12.0. The monoisotopic (exact) mass is 320 g/mol. The Kier molecular flexibility index (Phi) is 7.39. The molecule has 1 aromatic rings. The zero-order valence-corrected chi connectivity index (χ0v) is 12.3. The zero-order chi connectivity index (χ0) is 14.4. The van der Waals surface area contributed by atoms with E-state index in [9.17, 15) is 13.6 Å². The third-order valence-corrected chi connectivity index (χ3v) is 3.27. The first-order valence-corrected chi connectivity index (χ1v) is 6.69. The normalized spacial score (nSPS) is 18.0. The standard InChI is InChI=1S/C14H18F2N2O2.ClH/c15-14(16)20-12-5-1-4-11(7-12)13(19)18-9-10-3-2-6-17-8-10;/h1,4-5,7,10,14,17H,2-3,6,8-9H2,(H,18,19);1H. The van der Waals surface area contributed by atoms with E-state index in [1.807, 2.05) is 0 Å². The van der Waals surface area contributed by atoms with Crippen LogP contribution >= 0.6 is 12.4 Å². The molecule has 0 bridgehead atoms. The highest BCUT2D eigenvalue weighted by atomic mass is 35.5. The second-order valence-corrected chi connectivity index (χ2v) is 4.83. The van der Waals surface area contributed by atoms with E-state index in [0.717, 1.165) is 25.9 Å². The minimum absolute atomic E-state index is 0. The van der Waals surface area contributed by atoms with Crippen molar-refractivity contribution in [2.75, 3.05) is 19.6 Å². The molecular formula is C14H19ClF2N2O2. The van der Waals surface area contributed by atoms with Gasteiger partial charge in [-0.3, -0.25) is 4.79 Å². The van der Waals surface area contributed by atoms with Crippen molar-refractivity contribution < 1.29 is 18.3 Å². The van der Waals surface area contributed by atoms with Crippen LogP contribution in [0.3, 0.4) is 0 Å². The van der Waals surface area contributed by atoms with Gasteiger partial charge < -0.3 is 15.4 Å². The van der Waals surface area contributed by atoms with Crippen LogP contribution in [0.15, 0.2) is 24.3 Å². The maximum Gasteiger partial charge on any atom is 0.387 e. The number of benzene rings is 1. The lowest BCUT2D eigenvalue weighted by molar-refractivity contribution is -0.0498. The van der Waals surface area contributed by atoms with Crippen molar-refractivity contribution in [3.63, 3.8) is 0 Å². The summed E-state index contributed by atoms with van der Waals surface area (Å²) >= 11 is 0. The SMILES string of the molecule is Cl.O=C(NCC1CCCNC1)c1cccc(OC(F)F)c1. The molecule has 0 aliphatic carbocycles. The third kappa shape index (κ3) is 5.85. The van der Waals surface area contributed by atoms with E-state index < -0.39 is 6.61 Å². The van der Waals surface area contributed by atoms with E-state index >= 15 is 0 Å². The molecule has 1 atom stereocenters. The Hall–Kier alpha value is -1.40. The Labute approximate surface area is 128 Å². The Bertz CT molecular complexity index is 454. The van der Waals surface area contributed by atoms with Gasteiger partial charge in [-0.1, -0.05) is 6.07 Å². The van der Waals surface area contributed by atoms with Gasteiger partial charge in [0.1, 0.15) is 5.75 Å². The summed E-state index contributed by atoms with van der Waals surface area (Å²) in [7, 11) is 0. The number of nitrogens with one attached hydrogen (secondary N) is 2. The van der Waals surface area contributed by atoms with Gasteiger partial charge in [0.25, 0.3) is 5.91 Å². The summed E-state index contributed by atoms with van der Waals surface area (Å²) in [6, 6.07) is 5.82. The van der Waals surface area contributed by atoms with Crippen LogP contribution in [0.25, 0.3) is 0 Å². The first kappa shape index (κ1) is 17.7. The molecular weight excluding hydrogens is 302 g/mol. The second-order valence-electron chi connectivity index (χ2n) is 4.83. The van der Waals surface area contributed by atoms with Crippen LogP contribution in [0, 0.1) is 5.92 Å². The number of alkyl halides is 2. The number of hydrogen-bond acceptors (Lipinski definition) is 3. The molecule has 1 aliphatic heterocycles. The molecule has 0 spiro atoms. The van der Waals surface area contributed by atoms with Crippen LogP contribution in [0.2, 0.25) is 0 Å². The number of halogens is 3. The summed E-state index contributed by atoms with van der Waals surface area (Å²) in [6.45, 7) is -0.375. The number of amides is 1. The highest BCUT2D eigenvalue weighted by Crippen LogP contribution is 2.16. The highest BCUT2D eigenvalue weighted by molar-refractivity contribution is 5.94. The van der Waals surface area contributed by atoms with Gasteiger partial charge in [-0.15, -0.1) is 12.4 Å². The van der Waals surface area contributed by atoms with Crippen molar-refractivity contribution in [3.05, 3.63) is 29.8 Å². The molecule has 0 saturated carbocycles. The number of piperidine rings is 1. The topological polar surface area (TPSA) is 50.4 Å². The maximum absolute atomic E-state index is 12.1. The summed E-state index contributed by atoms with van der Waals surface area (Å²) in [6.07, 6.45) is 2.19. The van der Waals surface area contributed by atoms with Crippen molar-refractivity contribution >= 4 is 18.3 Å². The fourth-order valence-electron chi connectivity index (χ4n) is 2.25. The van der Waals surface area contributed by atoms with E-state index in [0.29, 0.717) is 18.0 Å². The van der Waals surface area contributed by atoms with Gasteiger partial charge in [0.05, 0.1) is 0 Å². The molecule has 1 amide bonds.